The van der Waals surface area contributed by atoms with Crippen molar-refractivity contribution >= 4 is 5.69 Å². The molecule has 94 valence electrons. The van der Waals surface area contributed by atoms with E-state index >= 15 is 0 Å². The third kappa shape index (κ3) is 2.12. The Bertz CT molecular complexity index is 564. The SMILES string of the molecule is COc1cc(OC)c(-c2ccccc2C)cc1N. The third-order valence-corrected chi connectivity index (χ3v) is 2.99. The number of benzene rings is 2. The standard InChI is InChI=1S/C15H17NO2/c1-10-6-4-5-7-11(10)12-8-13(16)15(18-3)9-14(12)17-2/h4-9H,16H2,1-3H3. The van der Waals surface area contributed by atoms with E-state index in [2.05, 4.69) is 19.1 Å². The summed E-state index contributed by atoms with van der Waals surface area (Å²) in [5, 5.41) is 0. The fourth-order valence-electron chi connectivity index (χ4n) is 2.01. The molecular formula is C15H17NO2. The zero-order valence-electron chi connectivity index (χ0n) is 10.9. The molecule has 2 N–H and O–H groups in total. The van der Waals surface area contributed by atoms with Crippen LogP contribution in [0.5, 0.6) is 11.5 Å². The Morgan fingerprint density at radius 3 is 2.17 bits per heavy atom. The molecule has 0 aliphatic heterocycles. The Morgan fingerprint density at radius 2 is 1.56 bits per heavy atom. The number of nitrogens with two attached hydrogens (primary N) is 1. The van der Waals surface area contributed by atoms with Gasteiger partial charge in [-0.05, 0) is 24.1 Å². The van der Waals surface area contributed by atoms with Crippen LogP contribution in [-0.2, 0) is 0 Å². The molecular weight excluding hydrogens is 226 g/mol. The van der Waals surface area contributed by atoms with Gasteiger partial charge in [-0.25, -0.2) is 0 Å². The summed E-state index contributed by atoms with van der Waals surface area (Å²) in [6.45, 7) is 2.06. The summed E-state index contributed by atoms with van der Waals surface area (Å²) >= 11 is 0. The van der Waals surface area contributed by atoms with Crippen molar-refractivity contribution in [2.75, 3.05) is 20.0 Å². The van der Waals surface area contributed by atoms with Gasteiger partial charge < -0.3 is 15.2 Å². The number of hydrogen-bond donors (Lipinski definition) is 1. The highest BCUT2D eigenvalue weighted by atomic mass is 16.5. The van der Waals surface area contributed by atoms with E-state index in [1.807, 2.05) is 24.3 Å². The monoisotopic (exact) mass is 243 g/mol. The summed E-state index contributed by atoms with van der Waals surface area (Å²) in [5.74, 6) is 1.39. The molecule has 0 saturated carbocycles. The average Bonchev–Trinajstić information content (AvgIpc) is 2.39. The minimum absolute atomic E-state index is 0.608. The summed E-state index contributed by atoms with van der Waals surface area (Å²) in [6, 6.07) is 11.8. The quantitative estimate of drug-likeness (QED) is 0.841. The number of nitrogen functional groups attached to an aromatic ring is 1. The van der Waals surface area contributed by atoms with Gasteiger partial charge in [0.25, 0.3) is 0 Å². The molecule has 0 unspecified atom stereocenters. The van der Waals surface area contributed by atoms with Crippen molar-refractivity contribution in [2.24, 2.45) is 0 Å². The van der Waals surface area contributed by atoms with E-state index in [1.54, 1.807) is 14.2 Å². The molecule has 0 radical (unpaired) electrons. The van der Waals surface area contributed by atoms with Crippen LogP contribution in [0.1, 0.15) is 5.56 Å². The molecule has 18 heavy (non-hydrogen) atoms. The first-order valence-electron chi connectivity index (χ1n) is 5.75. The topological polar surface area (TPSA) is 44.5 Å². The Hall–Kier alpha value is -2.16. The summed E-state index contributed by atoms with van der Waals surface area (Å²) < 4.78 is 10.6. The van der Waals surface area contributed by atoms with Crippen molar-refractivity contribution in [3.8, 4) is 22.6 Å². The Kier molecular flexibility index (Phi) is 3.42. The first kappa shape index (κ1) is 12.3. The van der Waals surface area contributed by atoms with Crippen molar-refractivity contribution in [1.82, 2.24) is 0 Å². The Morgan fingerprint density at radius 1 is 0.889 bits per heavy atom. The normalized spacial score (nSPS) is 10.2. The van der Waals surface area contributed by atoms with Gasteiger partial charge in [-0.15, -0.1) is 0 Å². The molecule has 0 heterocycles. The summed E-state index contributed by atoms with van der Waals surface area (Å²) in [6.07, 6.45) is 0. The maximum absolute atomic E-state index is 5.96. The maximum Gasteiger partial charge on any atom is 0.145 e. The van der Waals surface area contributed by atoms with Gasteiger partial charge in [0.05, 0.1) is 19.9 Å². The smallest absolute Gasteiger partial charge is 0.145 e. The number of rotatable bonds is 3. The molecule has 2 aromatic carbocycles. The lowest BCUT2D eigenvalue weighted by Gasteiger charge is -2.14. The van der Waals surface area contributed by atoms with E-state index in [0.29, 0.717) is 11.4 Å². The van der Waals surface area contributed by atoms with Gasteiger partial charge in [-0.3, -0.25) is 0 Å². The lowest BCUT2D eigenvalue weighted by molar-refractivity contribution is 0.397. The van der Waals surface area contributed by atoms with Crippen LogP contribution in [0.15, 0.2) is 36.4 Å². The molecule has 2 rings (SSSR count). The first-order chi connectivity index (χ1) is 8.67. The van der Waals surface area contributed by atoms with Gasteiger partial charge >= 0.3 is 0 Å². The molecule has 0 aliphatic rings. The first-order valence-corrected chi connectivity index (χ1v) is 5.75. The molecule has 3 heteroatoms. The number of anilines is 1. The number of ether oxygens (including phenoxy) is 2. The third-order valence-electron chi connectivity index (χ3n) is 2.99. The van der Waals surface area contributed by atoms with Gasteiger partial charge in [0.2, 0.25) is 0 Å². The molecule has 0 aliphatic carbocycles. The number of aryl methyl sites for hydroxylation is 1. The minimum Gasteiger partial charge on any atom is -0.496 e. The molecule has 0 fully saturated rings. The maximum atomic E-state index is 5.96. The minimum atomic E-state index is 0.608. The summed E-state index contributed by atoms with van der Waals surface area (Å²) in [5.41, 5.74) is 9.85. The van der Waals surface area contributed by atoms with E-state index in [4.69, 9.17) is 15.2 Å². The van der Waals surface area contributed by atoms with Gasteiger partial charge in [0, 0.05) is 11.6 Å². The highest BCUT2D eigenvalue weighted by molar-refractivity contribution is 5.78. The van der Waals surface area contributed by atoms with Crippen molar-refractivity contribution in [1.29, 1.82) is 0 Å². The summed E-state index contributed by atoms with van der Waals surface area (Å²) in [7, 11) is 3.24. The van der Waals surface area contributed by atoms with E-state index in [-0.39, 0.29) is 0 Å². The van der Waals surface area contributed by atoms with Gasteiger partial charge in [0.1, 0.15) is 11.5 Å². The van der Waals surface area contributed by atoms with Crippen molar-refractivity contribution in [2.45, 2.75) is 6.92 Å². The molecule has 0 spiro atoms. The largest absolute Gasteiger partial charge is 0.496 e. The fourth-order valence-corrected chi connectivity index (χ4v) is 2.01. The van der Waals surface area contributed by atoms with Crippen molar-refractivity contribution < 1.29 is 9.47 Å². The lowest BCUT2D eigenvalue weighted by atomic mass is 9.99. The second kappa shape index (κ2) is 5.00. The van der Waals surface area contributed by atoms with Crippen LogP contribution in [-0.4, -0.2) is 14.2 Å². The van der Waals surface area contributed by atoms with E-state index in [0.717, 1.165) is 16.9 Å². The second-order valence-corrected chi connectivity index (χ2v) is 4.11. The van der Waals surface area contributed by atoms with E-state index < -0.39 is 0 Å². The average molecular weight is 243 g/mol. The van der Waals surface area contributed by atoms with Crippen LogP contribution in [0.3, 0.4) is 0 Å². The molecule has 0 atom stereocenters. The van der Waals surface area contributed by atoms with Crippen molar-refractivity contribution in [3.63, 3.8) is 0 Å². The molecule has 2 aromatic rings. The van der Waals surface area contributed by atoms with Crippen LogP contribution in [0, 0.1) is 6.92 Å². The highest BCUT2D eigenvalue weighted by Gasteiger charge is 2.12. The fraction of sp³-hybridized carbons (Fsp3) is 0.200. The molecule has 0 amide bonds. The second-order valence-electron chi connectivity index (χ2n) is 4.11. The summed E-state index contributed by atoms with van der Waals surface area (Å²) in [4.78, 5) is 0. The van der Waals surface area contributed by atoms with E-state index in [1.165, 1.54) is 5.56 Å². The predicted molar refractivity (Wildman–Crippen MR) is 74.1 cm³/mol. The molecule has 0 saturated heterocycles. The Labute approximate surface area is 107 Å². The van der Waals surface area contributed by atoms with Crippen LogP contribution in [0.25, 0.3) is 11.1 Å². The highest BCUT2D eigenvalue weighted by Crippen LogP contribution is 2.38. The predicted octanol–water partition coefficient (Wildman–Crippen LogP) is 3.26. The number of methoxy groups -OCH3 is 2. The lowest BCUT2D eigenvalue weighted by Crippen LogP contribution is -1.96. The van der Waals surface area contributed by atoms with Crippen molar-refractivity contribution in [3.05, 3.63) is 42.0 Å². The zero-order chi connectivity index (χ0) is 13.1. The van der Waals surface area contributed by atoms with Gasteiger partial charge in [-0.1, -0.05) is 24.3 Å². The van der Waals surface area contributed by atoms with Crippen LogP contribution in [0.2, 0.25) is 0 Å². The van der Waals surface area contributed by atoms with Gasteiger partial charge in [-0.2, -0.15) is 0 Å². The van der Waals surface area contributed by atoms with Gasteiger partial charge in [0.15, 0.2) is 0 Å². The zero-order valence-corrected chi connectivity index (χ0v) is 10.9. The van der Waals surface area contributed by atoms with Crippen LogP contribution < -0.4 is 15.2 Å². The van der Waals surface area contributed by atoms with Crippen LogP contribution in [0.4, 0.5) is 5.69 Å². The molecule has 0 bridgehead atoms. The Balaban J connectivity index is 2.64. The number of hydrogen-bond acceptors (Lipinski definition) is 3. The molecule has 0 aromatic heterocycles. The molecule has 3 nitrogen and oxygen atoms in total. The van der Waals surface area contributed by atoms with Crippen LogP contribution >= 0.6 is 0 Å². The van der Waals surface area contributed by atoms with E-state index in [9.17, 15) is 0 Å².